The van der Waals surface area contributed by atoms with E-state index in [4.69, 9.17) is 19.2 Å². The fourth-order valence-electron chi connectivity index (χ4n) is 0.669. The summed E-state index contributed by atoms with van der Waals surface area (Å²) in [7, 11) is -4.64. The summed E-state index contributed by atoms with van der Waals surface area (Å²) >= 11 is 0. The average molecular weight is 213 g/mol. The summed E-state index contributed by atoms with van der Waals surface area (Å²) in [5, 5.41) is 0. The first-order valence-corrected chi connectivity index (χ1v) is 5.32. The molecule has 0 bridgehead atoms. The summed E-state index contributed by atoms with van der Waals surface area (Å²) in [6.45, 7) is 7.19. The average Bonchev–Trinajstić information content (AvgIpc) is 1.85. The van der Waals surface area contributed by atoms with E-state index in [9.17, 15) is 4.79 Å². The van der Waals surface area contributed by atoms with Gasteiger partial charge in [-0.3, -0.25) is 4.79 Å². The van der Waals surface area contributed by atoms with E-state index in [1.807, 2.05) is 13.8 Å². The van der Waals surface area contributed by atoms with Crippen molar-refractivity contribution in [2.45, 2.75) is 20.8 Å². The molecule has 0 rings (SSSR count). The second kappa shape index (κ2) is 7.03. The van der Waals surface area contributed by atoms with Gasteiger partial charge < -0.3 is 19.6 Å². The zero-order valence-electron chi connectivity index (χ0n) is 7.97. The van der Waals surface area contributed by atoms with Gasteiger partial charge in [-0.25, -0.2) is 4.57 Å². The Morgan fingerprint density at radius 1 is 1.23 bits per heavy atom. The van der Waals surface area contributed by atoms with Crippen molar-refractivity contribution >= 4 is 13.7 Å². The number of hydrogen-bond acceptors (Lipinski definition) is 2. The van der Waals surface area contributed by atoms with Gasteiger partial charge >= 0.3 is 7.82 Å². The van der Waals surface area contributed by atoms with Gasteiger partial charge in [-0.05, 0) is 13.8 Å². The van der Waals surface area contributed by atoms with Crippen molar-refractivity contribution in [1.82, 2.24) is 4.90 Å². The molecule has 13 heavy (non-hydrogen) atoms. The Kier molecular flexibility index (Phi) is 8.15. The van der Waals surface area contributed by atoms with Crippen molar-refractivity contribution in [3.63, 3.8) is 0 Å². The Hall–Kier alpha value is -0.420. The lowest BCUT2D eigenvalue weighted by molar-refractivity contribution is -0.128. The van der Waals surface area contributed by atoms with Gasteiger partial charge in [-0.15, -0.1) is 0 Å². The van der Waals surface area contributed by atoms with Crippen LogP contribution >= 0.6 is 7.82 Å². The fraction of sp³-hybridized carbons (Fsp3) is 0.833. The lowest BCUT2D eigenvalue weighted by atomic mass is 10.5. The summed E-state index contributed by atoms with van der Waals surface area (Å²) in [5.74, 6) is 0.162. The van der Waals surface area contributed by atoms with Crippen molar-refractivity contribution in [2.24, 2.45) is 0 Å². The highest BCUT2D eigenvalue weighted by Gasteiger charge is 2.00. The SMILES string of the molecule is CCN(CC)C(C)=O.O=P(O)(O)O. The van der Waals surface area contributed by atoms with Gasteiger partial charge in [0.1, 0.15) is 0 Å². The minimum absolute atomic E-state index is 0.162. The second-order valence-corrected chi connectivity index (χ2v) is 3.23. The summed E-state index contributed by atoms with van der Waals surface area (Å²) in [5.41, 5.74) is 0. The molecule has 0 atom stereocenters. The highest BCUT2D eigenvalue weighted by molar-refractivity contribution is 7.45. The molecule has 0 aliphatic carbocycles. The zero-order chi connectivity index (χ0) is 11.1. The molecule has 0 aromatic carbocycles. The molecule has 0 saturated carbocycles. The number of rotatable bonds is 2. The smallest absolute Gasteiger partial charge is 0.343 e. The molecule has 0 heterocycles. The largest absolute Gasteiger partial charge is 0.466 e. The summed E-state index contributed by atoms with van der Waals surface area (Å²) in [6, 6.07) is 0. The van der Waals surface area contributed by atoms with Gasteiger partial charge in [-0.2, -0.15) is 0 Å². The van der Waals surface area contributed by atoms with E-state index in [0.29, 0.717) is 0 Å². The summed E-state index contributed by atoms with van der Waals surface area (Å²) in [4.78, 5) is 33.9. The molecule has 1 amide bonds. The standard InChI is InChI=1S/C6H13NO.H3O4P/c1-4-7(5-2)6(3)8;1-5(2,3)4/h4-5H2,1-3H3;(H3,1,2,3,4). The quantitative estimate of drug-likeness (QED) is 0.558. The number of phosphoric acid groups is 1. The monoisotopic (exact) mass is 213 g/mol. The van der Waals surface area contributed by atoms with Crippen LogP contribution < -0.4 is 0 Å². The first-order chi connectivity index (χ1) is 5.72. The van der Waals surface area contributed by atoms with Gasteiger partial charge in [0.25, 0.3) is 0 Å². The minimum atomic E-state index is -4.64. The topological polar surface area (TPSA) is 98.1 Å². The third-order valence-electron chi connectivity index (χ3n) is 1.21. The van der Waals surface area contributed by atoms with Gasteiger partial charge in [0, 0.05) is 20.0 Å². The van der Waals surface area contributed by atoms with Crippen molar-refractivity contribution in [1.29, 1.82) is 0 Å². The predicted octanol–water partition coefficient (Wildman–Crippen LogP) is -0.0539. The van der Waals surface area contributed by atoms with Gasteiger partial charge in [-0.1, -0.05) is 0 Å². The maximum absolute atomic E-state index is 10.5. The van der Waals surface area contributed by atoms with Crippen molar-refractivity contribution in [3.05, 3.63) is 0 Å². The molecular formula is C6H16NO5P. The maximum Gasteiger partial charge on any atom is 0.466 e. The molecule has 0 unspecified atom stereocenters. The molecule has 0 aromatic heterocycles. The van der Waals surface area contributed by atoms with E-state index in [0.717, 1.165) is 13.1 Å². The molecule has 6 nitrogen and oxygen atoms in total. The highest BCUT2D eigenvalue weighted by atomic mass is 31.2. The van der Waals surface area contributed by atoms with Gasteiger partial charge in [0.15, 0.2) is 0 Å². The van der Waals surface area contributed by atoms with Gasteiger partial charge in [0.05, 0.1) is 0 Å². The number of amides is 1. The number of nitrogens with zero attached hydrogens (tertiary/aromatic N) is 1. The Labute approximate surface area is 77.4 Å². The molecule has 0 saturated heterocycles. The molecule has 80 valence electrons. The van der Waals surface area contributed by atoms with Crippen LogP contribution in [0.25, 0.3) is 0 Å². The molecule has 0 radical (unpaired) electrons. The van der Waals surface area contributed by atoms with E-state index in [1.54, 1.807) is 11.8 Å². The lowest BCUT2D eigenvalue weighted by Crippen LogP contribution is -2.27. The molecule has 3 N–H and O–H groups in total. The van der Waals surface area contributed by atoms with Crippen LogP contribution in [0.5, 0.6) is 0 Å². The van der Waals surface area contributed by atoms with E-state index in [1.165, 1.54) is 0 Å². The van der Waals surface area contributed by atoms with Crippen LogP contribution in [-0.2, 0) is 9.36 Å². The molecular weight excluding hydrogens is 197 g/mol. The van der Waals surface area contributed by atoms with Crippen LogP contribution in [0.15, 0.2) is 0 Å². The van der Waals surface area contributed by atoms with Crippen LogP contribution in [-0.4, -0.2) is 38.6 Å². The Morgan fingerprint density at radius 3 is 1.46 bits per heavy atom. The van der Waals surface area contributed by atoms with Crippen LogP contribution in [0, 0.1) is 0 Å². The molecule has 0 aliphatic heterocycles. The van der Waals surface area contributed by atoms with Gasteiger partial charge in [0.2, 0.25) is 5.91 Å². The molecule has 0 spiro atoms. The molecule has 0 aliphatic rings. The molecule has 0 aromatic rings. The molecule has 0 fully saturated rings. The lowest BCUT2D eigenvalue weighted by Gasteiger charge is -2.14. The summed E-state index contributed by atoms with van der Waals surface area (Å²) < 4.78 is 8.88. The molecule has 7 heteroatoms. The van der Waals surface area contributed by atoms with Crippen molar-refractivity contribution in [3.8, 4) is 0 Å². The van der Waals surface area contributed by atoms with Crippen LogP contribution in [0.1, 0.15) is 20.8 Å². The van der Waals surface area contributed by atoms with E-state index in [2.05, 4.69) is 0 Å². The third kappa shape index (κ3) is 18.5. The fourth-order valence-corrected chi connectivity index (χ4v) is 0.669. The zero-order valence-corrected chi connectivity index (χ0v) is 8.86. The number of carbonyl (C=O) groups is 1. The normalized spacial score (nSPS) is 10.0. The Bertz CT molecular complexity index is 177. The highest BCUT2D eigenvalue weighted by Crippen LogP contribution is 2.25. The van der Waals surface area contributed by atoms with E-state index < -0.39 is 7.82 Å². The first-order valence-electron chi connectivity index (χ1n) is 3.76. The van der Waals surface area contributed by atoms with Crippen LogP contribution in [0.2, 0.25) is 0 Å². The summed E-state index contributed by atoms with van der Waals surface area (Å²) in [6.07, 6.45) is 0. The van der Waals surface area contributed by atoms with Crippen molar-refractivity contribution in [2.75, 3.05) is 13.1 Å². The first kappa shape index (κ1) is 15.1. The Morgan fingerprint density at radius 2 is 1.46 bits per heavy atom. The van der Waals surface area contributed by atoms with E-state index >= 15 is 0 Å². The van der Waals surface area contributed by atoms with Crippen LogP contribution in [0.4, 0.5) is 0 Å². The minimum Gasteiger partial charge on any atom is -0.343 e. The number of hydrogen-bond donors (Lipinski definition) is 3. The predicted molar refractivity (Wildman–Crippen MR) is 47.9 cm³/mol. The van der Waals surface area contributed by atoms with Crippen molar-refractivity contribution < 1.29 is 24.0 Å². The number of carbonyl (C=O) groups excluding carboxylic acids is 1. The maximum atomic E-state index is 10.5. The second-order valence-electron chi connectivity index (χ2n) is 2.20. The van der Waals surface area contributed by atoms with E-state index in [-0.39, 0.29) is 5.91 Å². The van der Waals surface area contributed by atoms with Crippen LogP contribution in [0.3, 0.4) is 0 Å². The Balaban J connectivity index is 0. The third-order valence-corrected chi connectivity index (χ3v) is 1.21.